The second kappa shape index (κ2) is 6.14. The molecule has 1 aromatic heterocycles. The van der Waals surface area contributed by atoms with Gasteiger partial charge in [0.05, 0.1) is 19.2 Å². The molecule has 5 nitrogen and oxygen atoms in total. The van der Waals surface area contributed by atoms with Gasteiger partial charge in [-0.25, -0.2) is 9.67 Å². The zero-order valence-electron chi connectivity index (χ0n) is 9.35. The Balaban J connectivity index is 2.61. The lowest BCUT2D eigenvalue weighted by Crippen LogP contribution is -2.26. The summed E-state index contributed by atoms with van der Waals surface area (Å²) < 4.78 is 1.86. The zero-order chi connectivity index (χ0) is 11.1. The molecule has 0 aliphatic rings. The maximum absolute atomic E-state index is 8.68. The monoisotopic (exact) mass is 207 g/mol. The Kier molecular flexibility index (Phi) is 4.78. The van der Waals surface area contributed by atoms with Crippen molar-refractivity contribution in [3.05, 3.63) is 12.2 Å². The van der Waals surface area contributed by atoms with Crippen molar-refractivity contribution in [3.8, 4) is 6.07 Å². The highest BCUT2D eigenvalue weighted by atomic mass is 15.3. The van der Waals surface area contributed by atoms with Crippen LogP contribution in [-0.4, -0.2) is 32.8 Å². The van der Waals surface area contributed by atoms with Gasteiger partial charge in [-0.05, 0) is 19.9 Å². The van der Waals surface area contributed by atoms with Crippen LogP contribution < -0.4 is 0 Å². The van der Waals surface area contributed by atoms with Crippen molar-refractivity contribution in [3.63, 3.8) is 0 Å². The Hall–Kier alpha value is -1.41. The van der Waals surface area contributed by atoms with Crippen molar-refractivity contribution in [1.82, 2.24) is 19.7 Å². The summed E-state index contributed by atoms with van der Waals surface area (Å²) in [5, 5.41) is 12.8. The molecule has 0 amide bonds. The van der Waals surface area contributed by atoms with E-state index in [2.05, 4.69) is 28.0 Å². The molecule has 0 bridgehead atoms. The molecule has 0 saturated heterocycles. The summed E-state index contributed by atoms with van der Waals surface area (Å²) in [6.07, 6.45) is 2.61. The fourth-order valence-electron chi connectivity index (χ4n) is 1.50. The second-order valence-electron chi connectivity index (χ2n) is 3.36. The van der Waals surface area contributed by atoms with Crippen LogP contribution in [0.3, 0.4) is 0 Å². The van der Waals surface area contributed by atoms with E-state index in [1.807, 2.05) is 11.6 Å². The third kappa shape index (κ3) is 3.33. The molecule has 15 heavy (non-hydrogen) atoms. The van der Waals surface area contributed by atoms with E-state index in [1.165, 1.54) is 0 Å². The van der Waals surface area contributed by atoms with Crippen LogP contribution in [-0.2, 0) is 13.1 Å². The van der Waals surface area contributed by atoms with Gasteiger partial charge in [-0.2, -0.15) is 10.4 Å². The molecular formula is C10H17N5. The van der Waals surface area contributed by atoms with Gasteiger partial charge in [0.2, 0.25) is 0 Å². The molecular weight excluding hydrogens is 190 g/mol. The first-order valence-corrected chi connectivity index (χ1v) is 5.27. The minimum atomic E-state index is 0.449. The smallest absolute Gasteiger partial charge is 0.141 e. The average Bonchev–Trinajstić information content (AvgIpc) is 2.66. The van der Waals surface area contributed by atoms with E-state index in [4.69, 9.17) is 5.26 Å². The highest BCUT2D eigenvalue weighted by Gasteiger charge is 2.08. The molecule has 1 heterocycles. The highest BCUT2D eigenvalue weighted by Crippen LogP contribution is 2.01. The van der Waals surface area contributed by atoms with Gasteiger partial charge in [0.25, 0.3) is 0 Å². The van der Waals surface area contributed by atoms with Crippen molar-refractivity contribution in [1.29, 1.82) is 5.26 Å². The first-order chi connectivity index (χ1) is 7.31. The first kappa shape index (κ1) is 11.7. The topological polar surface area (TPSA) is 57.7 Å². The lowest BCUT2D eigenvalue weighted by molar-refractivity contribution is 0.284. The second-order valence-corrected chi connectivity index (χ2v) is 3.36. The van der Waals surface area contributed by atoms with Crippen LogP contribution in [0.1, 0.15) is 26.1 Å². The first-order valence-electron chi connectivity index (χ1n) is 5.27. The van der Waals surface area contributed by atoms with Gasteiger partial charge in [-0.3, -0.25) is 4.90 Å². The number of nitrogens with zero attached hydrogens (tertiary/aromatic N) is 5. The van der Waals surface area contributed by atoms with Gasteiger partial charge in [-0.15, -0.1) is 0 Å². The maximum atomic E-state index is 8.68. The van der Waals surface area contributed by atoms with Crippen LogP contribution >= 0.6 is 0 Å². The zero-order valence-corrected chi connectivity index (χ0v) is 9.35. The minimum Gasteiger partial charge on any atom is -0.283 e. The molecule has 0 unspecified atom stereocenters. The summed E-state index contributed by atoms with van der Waals surface area (Å²) in [4.78, 5) is 6.27. The Morgan fingerprint density at radius 2 is 2.33 bits per heavy atom. The van der Waals surface area contributed by atoms with Gasteiger partial charge in [0.1, 0.15) is 12.2 Å². The molecule has 5 heteroatoms. The third-order valence-corrected chi connectivity index (χ3v) is 2.19. The number of nitriles is 1. The summed E-state index contributed by atoms with van der Waals surface area (Å²) in [5.74, 6) is 0.932. The lowest BCUT2D eigenvalue weighted by Gasteiger charge is -2.17. The maximum Gasteiger partial charge on any atom is 0.141 e. The molecule has 1 aromatic rings. The fourth-order valence-corrected chi connectivity index (χ4v) is 1.50. The van der Waals surface area contributed by atoms with Gasteiger partial charge < -0.3 is 0 Å². The summed E-state index contributed by atoms with van der Waals surface area (Å²) in [7, 11) is 0. The van der Waals surface area contributed by atoms with Gasteiger partial charge in [0, 0.05) is 6.54 Å². The van der Waals surface area contributed by atoms with Crippen molar-refractivity contribution in [2.24, 2.45) is 0 Å². The fraction of sp³-hybridized carbons (Fsp3) is 0.700. The van der Waals surface area contributed by atoms with Crippen LogP contribution in [0.5, 0.6) is 0 Å². The van der Waals surface area contributed by atoms with Crippen LogP contribution in [0.15, 0.2) is 6.33 Å². The highest BCUT2D eigenvalue weighted by molar-refractivity contribution is 4.87. The van der Waals surface area contributed by atoms with Crippen molar-refractivity contribution in [2.75, 3.05) is 13.1 Å². The third-order valence-electron chi connectivity index (χ3n) is 2.19. The van der Waals surface area contributed by atoms with Gasteiger partial charge >= 0.3 is 0 Å². The summed E-state index contributed by atoms with van der Waals surface area (Å²) in [5.41, 5.74) is 0. The molecule has 0 spiro atoms. The summed E-state index contributed by atoms with van der Waals surface area (Å²) in [6, 6.07) is 2.17. The SMILES string of the molecule is CCCN(CC#N)Cc1ncnn1CC. The van der Waals surface area contributed by atoms with E-state index in [1.54, 1.807) is 6.33 Å². The molecule has 0 atom stereocenters. The Morgan fingerprint density at radius 1 is 1.53 bits per heavy atom. The number of hydrogen-bond donors (Lipinski definition) is 0. The molecule has 1 rings (SSSR count). The van der Waals surface area contributed by atoms with Crippen LogP contribution in [0.2, 0.25) is 0 Å². The molecule has 0 aromatic carbocycles. The predicted octanol–water partition coefficient (Wildman–Crippen LogP) is 1.03. The average molecular weight is 207 g/mol. The van der Waals surface area contributed by atoms with Crippen LogP contribution in [0, 0.1) is 11.3 Å². The molecule has 0 aliphatic heterocycles. The Labute approximate surface area is 90.3 Å². The van der Waals surface area contributed by atoms with Gasteiger partial charge in [-0.1, -0.05) is 6.92 Å². The molecule has 0 radical (unpaired) electrons. The van der Waals surface area contributed by atoms with Crippen LogP contribution in [0.25, 0.3) is 0 Å². The van der Waals surface area contributed by atoms with Crippen molar-refractivity contribution < 1.29 is 0 Å². The molecule has 0 aliphatic carbocycles. The lowest BCUT2D eigenvalue weighted by atomic mass is 10.4. The largest absolute Gasteiger partial charge is 0.283 e. The Bertz CT molecular complexity index is 325. The van der Waals surface area contributed by atoms with E-state index >= 15 is 0 Å². The molecule has 0 N–H and O–H groups in total. The van der Waals surface area contributed by atoms with E-state index in [0.29, 0.717) is 13.1 Å². The van der Waals surface area contributed by atoms with Crippen LogP contribution in [0.4, 0.5) is 0 Å². The van der Waals surface area contributed by atoms with E-state index in [-0.39, 0.29) is 0 Å². The summed E-state index contributed by atoms with van der Waals surface area (Å²) >= 11 is 0. The number of hydrogen-bond acceptors (Lipinski definition) is 4. The summed E-state index contributed by atoms with van der Waals surface area (Å²) in [6.45, 7) is 7.03. The van der Waals surface area contributed by atoms with Gasteiger partial charge in [0.15, 0.2) is 0 Å². The number of aromatic nitrogens is 3. The van der Waals surface area contributed by atoms with E-state index in [0.717, 1.165) is 25.3 Å². The molecule has 0 fully saturated rings. The van der Waals surface area contributed by atoms with E-state index in [9.17, 15) is 0 Å². The van der Waals surface area contributed by atoms with Crippen molar-refractivity contribution >= 4 is 0 Å². The van der Waals surface area contributed by atoms with E-state index < -0.39 is 0 Å². The quantitative estimate of drug-likeness (QED) is 0.654. The number of rotatable bonds is 6. The standard InChI is InChI=1S/C10H17N5/c1-3-6-14(7-5-11)8-10-12-9-13-15(10)4-2/h9H,3-4,6-8H2,1-2H3. The van der Waals surface area contributed by atoms with Crippen molar-refractivity contribution in [2.45, 2.75) is 33.4 Å². The minimum absolute atomic E-state index is 0.449. The normalized spacial score (nSPS) is 10.5. The number of aryl methyl sites for hydroxylation is 1. The molecule has 0 saturated carbocycles. The Morgan fingerprint density at radius 3 is 2.93 bits per heavy atom. The molecule has 82 valence electrons. The predicted molar refractivity (Wildman–Crippen MR) is 56.9 cm³/mol.